The Morgan fingerprint density at radius 1 is 1.50 bits per heavy atom. The second-order valence-corrected chi connectivity index (χ2v) is 3.54. The Balaban J connectivity index is 3.65. The Bertz CT molecular complexity index is 219. The van der Waals surface area contributed by atoms with E-state index >= 15 is 0 Å². The molecule has 0 fully saturated rings. The Kier molecular flexibility index (Phi) is 6.35. The summed E-state index contributed by atoms with van der Waals surface area (Å²) in [5.41, 5.74) is 0. The molecule has 0 saturated carbocycles. The molecule has 0 rings (SSSR count). The number of hydrogen-bond acceptors (Lipinski definition) is 3. The van der Waals surface area contributed by atoms with Crippen molar-refractivity contribution in [1.82, 2.24) is 4.90 Å². The van der Waals surface area contributed by atoms with Gasteiger partial charge in [0.25, 0.3) is 0 Å². The number of hydrogen-bond donors (Lipinski definition) is 1. The standard InChI is InChI=1S/C9H16F3NO3/c1-7(14)5-13(2)8(15)3-4-16-6-9(10,11)12/h7,14H,3-6H2,1-2H3. The Hall–Kier alpha value is -0.820. The molecule has 0 aromatic heterocycles. The van der Waals surface area contributed by atoms with Gasteiger partial charge < -0.3 is 14.7 Å². The monoisotopic (exact) mass is 243 g/mol. The normalized spacial score (nSPS) is 13.6. The van der Waals surface area contributed by atoms with E-state index in [-0.39, 0.29) is 25.5 Å². The molecule has 0 spiro atoms. The SMILES string of the molecule is CC(O)CN(C)C(=O)CCOCC(F)(F)F. The van der Waals surface area contributed by atoms with Gasteiger partial charge in [0.1, 0.15) is 6.61 Å². The summed E-state index contributed by atoms with van der Waals surface area (Å²) in [7, 11) is 1.47. The number of rotatable bonds is 6. The van der Waals surface area contributed by atoms with E-state index < -0.39 is 18.9 Å². The van der Waals surface area contributed by atoms with E-state index in [0.717, 1.165) is 0 Å². The molecule has 96 valence electrons. The van der Waals surface area contributed by atoms with Crippen LogP contribution in [0.25, 0.3) is 0 Å². The van der Waals surface area contributed by atoms with Crippen LogP contribution in [-0.2, 0) is 9.53 Å². The first-order chi connectivity index (χ1) is 7.22. The fraction of sp³-hybridized carbons (Fsp3) is 0.889. The van der Waals surface area contributed by atoms with Crippen molar-refractivity contribution in [1.29, 1.82) is 0 Å². The van der Waals surface area contributed by atoms with Gasteiger partial charge in [-0.15, -0.1) is 0 Å². The largest absolute Gasteiger partial charge is 0.411 e. The predicted octanol–water partition coefficient (Wildman–Crippen LogP) is 0.795. The highest BCUT2D eigenvalue weighted by atomic mass is 19.4. The number of carbonyl (C=O) groups excluding carboxylic acids is 1. The van der Waals surface area contributed by atoms with Crippen molar-refractivity contribution in [3.8, 4) is 0 Å². The van der Waals surface area contributed by atoms with E-state index in [2.05, 4.69) is 4.74 Å². The second kappa shape index (κ2) is 6.70. The first kappa shape index (κ1) is 15.2. The molecule has 1 N–H and O–H groups in total. The van der Waals surface area contributed by atoms with Gasteiger partial charge in [-0.05, 0) is 6.92 Å². The lowest BCUT2D eigenvalue weighted by atomic mass is 10.3. The van der Waals surface area contributed by atoms with E-state index in [0.29, 0.717) is 0 Å². The molecule has 4 nitrogen and oxygen atoms in total. The number of ether oxygens (including phenoxy) is 1. The average Bonchev–Trinajstić information content (AvgIpc) is 2.09. The van der Waals surface area contributed by atoms with Crippen LogP contribution in [-0.4, -0.2) is 55.0 Å². The van der Waals surface area contributed by atoms with Gasteiger partial charge in [0.15, 0.2) is 0 Å². The summed E-state index contributed by atoms with van der Waals surface area (Å²) >= 11 is 0. The lowest BCUT2D eigenvalue weighted by Gasteiger charge is -2.18. The maximum atomic E-state index is 11.7. The van der Waals surface area contributed by atoms with Crippen molar-refractivity contribution in [2.45, 2.75) is 25.6 Å². The molecule has 0 bridgehead atoms. The molecule has 0 aromatic carbocycles. The lowest BCUT2D eigenvalue weighted by molar-refractivity contribution is -0.175. The summed E-state index contributed by atoms with van der Waals surface area (Å²) in [6, 6.07) is 0. The zero-order valence-corrected chi connectivity index (χ0v) is 9.25. The van der Waals surface area contributed by atoms with E-state index in [9.17, 15) is 18.0 Å². The van der Waals surface area contributed by atoms with Gasteiger partial charge >= 0.3 is 6.18 Å². The molecule has 16 heavy (non-hydrogen) atoms. The highest BCUT2D eigenvalue weighted by Crippen LogP contribution is 2.14. The third kappa shape index (κ3) is 8.49. The van der Waals surface area contributed by atoms with E-state index in [1.807, 2.05) is 0 Å². The zero-order valence-electron chi connectivity index (χ0n) is 9.25. The molecular weight excluding hydrogens is 227 g/mol. The molecular formula is C9H16F3NO3. The van der Waals surface area contributed by atoms with Gasteiger partial charge in [-0.2, -0.15) is 13.2 Å². The number of halogens is 3. The summed E-state index contributed by atoms with van der Waals surface area (Å²) in [6.07, 6.45) is -5.15. The second-order valence-electron chi connectivity index (χ2n) is 3.54. The van der Waals surface area contributed by atoms with Crippen LogP contribution in [0, 0.1) is 0 Å². The van der Waals surface area contributed by atoms with Crippen LogP contribution in [0.15, 0.2) is 0 Å². The summed E-state index contributed by atoms with van der Waals surface area (Å²) < 4.78 is 39.3. The van der Waals surface area contributed by atoms with Crippen LogP contribution >= 0.6 is 0 Å². The molecule has 0 aliphatic rings. The maximum absolute atomic E-state index is 11.7. The molecule has 0 aliphatic carbocycles. The van der Waals surface area contributed by atoms with Crippen LogP contribution < -0.4 is 0 Å². The number of nitrogens with zero attached hydrogens (tertiary/aromatic N) is 1. The Morgan fingerprint density at radius 2 is 2.06 bits per heavy atom. The zero-order chi connectivity index (χ0) is 12.8. The molecule has 1 atom stereocenters. The van der Waals surface area contributed by atoms with Crippen molar-refractivity contribution >= 4 is 5.91 Å². The third-order valence-electron chi connectivity index (χ3n) is 1.69. The summed E-state index contributed by atoms with van der Waals surface area (Å²) in [6.45, 7) is 0.0466. The van der Waals surface area contributed by atoms with Crippen LogP contribution in [0.4, 0.5) is 13.2 Å². The fourth-order valence-corrected chi connectivity index (χ4v) is 1.04. The summed E-state index contributed by atoms with van der Waals surface area (Å²) in [5, 5.41) is 8.98. The molecule has 1 unspecified atom stereocenters. The van der Waals surface area contributed by atoms with E-state index in [4.69, 9.17) is 5.11 Å². The molecule has 0 aliphatic heterocycles. The van der Waals surface area contributed by atoms with Crippen molar-refractivity contribution < 1.29 is 27.8 Å². The van der Waals surface area contributed by atoms with Crippen molar-refractivity contribution in [3.05, 3.63) is 0 Å². The summed E-state index contributed by atoms with van der Waals surface area (Å²) in [5.74, 6) is -0.358. The number of aliphatic hydroxyl groups excluding tert-OH is 1. The van der Waals surface area contributed by atoms with Crippen LogP contribution in [0.1, 0.15) is 13.3 Å². The van der Waals surface area contributed by atoms with Crippen LogP contribution in [0.2, 0.25) is 0 Å². The Labute approximate surface area is 92.0 Å². The number of likely N-dealkylation sites (N-methyl/N-ethyl adjacent to an activating group) is 1. The molecule has 7 heteroatoms. The van der Waals surface area contributed by atoms with Gasteiger partial charge in [0, 0.05) is 13.6 Å². The number of carbonyl (C=O) groups is 1. The predicted molar refractivity (Wildman–Crippen MR) is 50.8 cm³/mol. The maximum Gasteiger partial charge on any atom is 0.411 e. The average molecular weight is 243 g/mol. The highest BCUT2D eigenvalue weighted by molar-refractivity contribution is 5.75. The molecule has 0 aromatic rings. The first-order valence-corrected chi connectivity index (χ1v) is 4.79. The minimum atomic E-state index is -4.37. The molecule has 0 radical (unpaired) electrons. The fourth-order valence-electron chi connectivity index (χ4n) is 1.04. The Morgan fingerprint density at radius 3 is 2.50 bits per heavy atom. The topological polar surface area (TPSA) is 49.8 Å². The lowest BCUT2D eigenvalue weighted by Crippen LogP contribution is -2.33. The van der Waals surface area contributed by atoms with Gasteiger partial charge in [0.05, 0.1) is 19.1 Å². The van der Waals surface area contributed by atoms with Gasteiger partial charge in [-0.1, -0.05) is 0 Å². The van der Waals surface area contributed by atoms with E-state index in [1.165, 1.54) is 18.9 Å². The molecule has 0 saturated heterocycles. The minimum absolute atomic E-state index is 0.126. The highest BCUT2D eigenvalue weighted by Gasteiger charge is 2.27. The van der Waals surface area contributed by atoms with Crippen LogP contribution in [0.3, 0.4) is 0 Å². The van der Waals surface area contributed by atoms with Crippen LogP contribution in [0.5, 0.6) is 0 Å². The van der Waals surface area contributed by atoms with Gasteiger partial charge in [-0.25, -0.2) is 0 Å². The number of amides is 1. The summed E-state index contributed by atoms with van der Waals surface area (Å²) in [4.78, 5) is 12.5. The smallest absolute Gasteiger partial charge is 0.392 e. The third-order valence-corrected chi connectivity index (χ3v) is 1.69. The quantitative estimate of drug-likeness (QED) is 0.702. The number of aliphatic hydroxyl groups is 1. The molecule has 1 amide bonds. The molecule has 0 heterocycles. The minimum Gasteiger partial charge on any atom is -0.392 e. The van der Waals surface area contributed by atoms with Gasteiger partial charge in [-0.3, -0.25) is 4.79 Å². The first-order valence-electron chi connectivity index (χ1n) is 4.79. The van der Waals surface area contributed by atoms with E-state index in [1.54, 1.807) is 0 Å². The van der Waals surface area contributed by atoms with Gasteiger partial charge in [0.2, 0.25) is 5.91 Å². The number of alkyl halides is 3. The van der Waals surface area contributed by atoms with Crippen molar-refractivity contribution in [2.75, 3.05) is 26.8 Å². The van der Waals surface area contributed by atoms with Crippen molar-refractivity contribution in [3.63, 3.8) is 0 Å². The van der Waals surface area contributed by atoms with Crippen molar-refractivity contribution in [2.24, 2.45) is 0 Å².